The smallest absolute Gasteiger partial charge is 0.163 e. The van der Waals surface area contributed by atoms with Gasteiger partial charge in [0.05, 0.1) is 0 Å². The van der Waals surface area contributed by atoms with Gasteiger partial charge in [-0.1, -0.05) is 30.3 Å². The predicted octanol–water partition coefficient (Wildman–Crippen LogP) is 3.15. The van der Waals surface area contributed by atoms with Crippen LogP contribution in [-0.2, 0) is 17.6 Å². The Morgan fingerprint density at radius 1 is 1.04 bits per heavy atom. The molecule has 1 heterocycles. The normalized spacial score (nSPS) is 14.8. The van der Waals surface area contributed by atoms with Gasteiger partial charge in [0.15, 0.2) is 5.78 Å². The molecule has 1 aliphatic rings. The SMILES string of the molecule is O=C(C[C@H](C(=O)[O-])c1c[nH]c2ccccc12)c1ccc2c(c1)CCCC2. The first-order chi connectivity index (χ1) is 12.6. The number of carbonyl (C=O) groups is 2. The lowest BCUT2D eigenvalue weighted by molar-refractivity contribution is -0.307. The second kappa shape index (κ2) is 6.79. The van der Waals surface area contributed by atoms with Crippen LogP contribution in [-0.4, -0.2) is 16.7 Å². The fourth-order valence-electron chi connectivity index (χ4n) is 3.91. The molecule has 26 heavy (non-hydrogen) atoms. The van der Waals surface area contributed by atoms with Crippen LogP contribution in [0.4, 0.5) is 0 Å². The zero-order chi connectivity index (χ0) is 18.1. The summed E-state index contributed by atoms with van der Waals surface area (Å²) in [5.74, 6) is -2.34. The van der Waals surface area contributed by atoms with Crippen molar-refractivity contribution in [2.24, 2.45) is 0 Å². The molecular weight excluding hydrogens is 326 g/mol. The molecule has 1 N–H and O–H groups in total. The Labute approximate surface area is 151 Å². The van der Waals surface area contributed by atoms with E-state index in [0.29, 0.717) is 11.1 Å². The summed E-state index contributed by atoms with van der Waals surface area (Å²) in [6, 6.07) is 13.3. The van der Waals surface area contributed by atoms with E-state index in [1.807, 2.05) is 42.5 Å². The molecule has 0 saturated heterocycles. The number of ketones is 1. The number of hydrogen-bond donors (Lipinski definition) is 1. The lowest BCUT2D eigenvalue weighted by Crippen LogP contribution is -2.31. The molecular formula is C22H20NO3-. The summed E-state index contributed by atoms with van der Waals surface area (Å²) in [6.07, 6.45) is 5.95. The van der Waals surface area contributed by atoms with Crippen molar-refractivity contribution < 1.29 is 14.7 Å². The van der Waals surface area contributed by atoms with E-state index in [1.54, 1.807) is 6.20 Å². The van der Waals surface area contributed by atoms with Crippen molar-refractivity contribution in [3.63, 3.8) is 0 Å². The Bertz CT molecular complexity index is 986. The van der Waals surface area contributed by atoms with Gasteiger partial charge < -0.3 is 14.9 Å². The van der Waals surface area contributed by atoms with E-state index < -0.39 is 11.9 Å². The molecule has 4 heteroatoms. The molecule has 0 amide bonds. The number of hydrogen-bond acceptors (Lipinski definition) is 3. The van der Waals surface area contributed by atoms with Gasteiger partial charge in [-0.25, -0.2) is 0 Å². The van der Waals surface area contributed by atoms with Crippen LogP contribution in [0.3, 0.4) is 0 Å². The summed E-state index contributed by atoms with van der Waals surface area (Å²) in [7, 11) is 0. The van der Waals surface area contributed by atoms with Gasteiger partial charge in [-0.2, -0.15) is 0 Å². The quantitative estimate of drug-likeness (QED) is 0.721. The van der Waals surface area contributed by atoms with E-state index in [0.717, 1.165) is 30.2 Å². The molecule has 0 aliphatic heterocycles. The zero-order valence-corrected chi connectivity index (χ0v) is 14.5. The lowest BCUT2D eigenvalue weighted by Gasteiger charge is -2.19. The molecule has 1 atom stereocenters. The number of aliphatic carboxylic acids is 1. The molecule has 4 rings (SSSR count). The Hall–Kier alpha value is -2.88. The van der Waals surface area contributed by atoms with Crippen molar-refractivity contribution in [2.75, 3.05) is 0 Å². The van der Waals surface area contributed by atoms with Crippen LogP contribution in [0.2, 0.25) is 0 Å². The second-order valence-electron chi connectivity index (χ2n) is 6.98. The number of para-hydroxylation sites is 1. The van der Waals surface area contributed by atoms with Crippen LogP contribution in [0.1, 0.15) is 52.2 Å². The lowest BCUT2D eigenvalue weighted by atomic mass is 9.87. The van der Waals surface area contributed by atoms with Crippen molar-refractivity contribution in [1.82, 2.24) is 4.98 Å². The first-order valence-electron chi connectivity index (χ1n) is 9.05. The summed E-state index contributed by atoms with van der Waals surface area (Å²) in [5, 5.41) is 12.6. The monoisotopic (exact) mass is 346 g/mol. The third-order valence-electron chi connectivity index (χ3n) is 5.34. The summed E-state index contributed by atoms with van der Waals surface area (Å²) < 4.78 is 0. The van der Waals surface area contributed by atoms with Crippen LogP contribution in [0.5, 0.6) is 0 Å². The second-order valence-corrected chi connectivity index (χ2v) is 6.98. The van der Waals surface area contributed by atoms with Gasteiger partial charge in [0.1, 0.15) is 0 Å². The minimum Gasteiger partial charge on any atom is -0.549 e. The Balaban J connectivity index is 1.63. The first-order valence-corrected chi connectivity index (χ1v) is 9.05. The minimum atomic E-state index is -1.22. The van der Waals surface area contributed by atoms with Crippen LogP contribution in [0, 0.1) is 0 Å². The average molecular weight is 346 g/mol. The summed E-state index contributed by atoms with van der Waals surface area (Å²) in [5.41, 5.74) is 4.58. The number of aromatic amines is 1. The molecule has 0 saturated carbocycles. The number of Topliss-reactive ketones (excluding diaryl/α,β-unsaturated/α-hetero) is 1. The molecule has 1 aliphatic carbocycles. The Morgan fingerprint density at radius 3 is 2.62 bits per heavy atom. The molecule has 2 aromatic carbocycles. The highest BCUT2D eigenvalue weighted by atomic mass is 16.4. The maximum atomic E-state index is 12.8. The number of aryl methyl sites for hydroxylation is 2. The van der Waals surface area contributed by atoms with Crippen LogP contribution in [0.15, 0.2) is 48.7 Å². The van der Waals surface area contributed by atoms with Gasteiger partial charge in [-0.15, -0.1) is 0 Å². The standard InChI is InChI=1S/C22H21NO3/c24-21(16-10-9-14-5-1-2-6-15(14)11-16)12-18(22(25)26)19-13-23-20-8-4-3-7-17(19)20/h3-4,7-11,13,18,23H,1-2,5-6,12H2,(H,25,26)/p-1/t18-/m0/s1. The van der Waals surface area contributed by atoms with Crippen molar-refractivity contribution in [3.05, 3.63) is 70.9 Å². The van der Waals surface area contributed by atoms with Crippen LogP contribution >= 0.6 is 0 Å². The number of carbonyl (C=O) groups excluding carboxylic acids is 2. The van der Waals surface area contributed by atoms with Crippen molar-refractivity contribution in [3.8, 4) is 0 Å². The van der Waals surface area contributed by atoms with Gasteiger partial charge in [0, 0.05) is 41.0 Å². The summed E-state index contributed by atoms with van der Waals surface area (Å²) >= 11 is 0. The number of H-pyrrole nitrogens is 1. The predicted molar refractivity (Wildman–Crippen MR) is 98.1 cm³/mol. The van der Waals surface area contributed by atoms with Crippen molar-refractivity contribution in [2.45, 2.75) is 38.0 Å². The first kappa shape index (κ1) is 16.6. The molecule has 4 nitrogen and oxygen atoms in total. The maximum Gasteiger partial charge on any atom is 0.163 e. The van der Waals surface area contributed by atoms with E-state index in [1.165, 1.54) is 17.5 Å². The minimum absolute atomic E-state index is 0.0943. The average Bonchev–Trinajstić information content (AvgIpc) is 3.09. The highest BCUT2D eigenvalue weighted by Crippen LogP contribution is 2.29. The number of benzene rings is 2. The molecule has 1 aromatic heterocycles. The third-order valence-corrected chi connectivity index (χ3v) is 5.34. The summed E-state index contributed by atoms with van der Waals surface area (Å²) in [4.78, 5) is 27.6. The Kier molecular flexibility index (Phi) is 4.33. The topological polar surface area (TPSA) is 73.0 Å². The van der Waals surface area contributed by atoms with Gasteiger partial charge in [0.2, 0.25) is 0 Å². The van der Waals surface area contributed by atoms with Crippen molar-refractivity contribution in [1.29, 1.82) is 0 Å². The fraction of sp³-hybridized carbons (Fsp3) is 0.273. The van der Waals surface area contributed by atoms with Crippen LogP contribution in [0.25, 0.3) is 10.9 Å². The maximum absolute atomic E-state index is 12.8. The number of fused-ring (bicyclic) bond motifs is 2. The van der Waals surface area contributed by atoms with Crippen LogP contribution < -0.4 is 5.11 Å². The zero-order valence-electron chi connectivity index (χ0n) is 14.5. The number of nitrogens with one attached hydrogen (secondary N) is 1. The molecule has 0 unspecified atom stereocenters. The van der Waals surface area contributed by atoms with Gasteiger partial charge in [-0.3, -0.25) is 4.79 Å². The molecule has 0 fully saturated rings. The molecule has 132 valence electrons. The third kappa shape index (κ3) is 3.03. The van der Waals surface area contributed by atoms with E-state index in [-0.39, 0.29) is 12.2 Å². The highest BCUT2D eigenvalue weighted by molar-refractivity contribution is 6.00. The van der Waals surface area contributed by atoms with E-state index in [4.69, 9.17) is 0 Å². The molecule has 0 radical (unpaired) electrons. The number of carboxylic acid groups (broad SMARTS) is 1. The number of rotatable bonds is 5. The fourth-order valence-corrected chi connectivity index (χ4v) is 3.91. The number of aromatic nitrogens is 1. The molecule has 3 aromatic rings. The summed E-state index contributed by atoms with van der Waals surface area (Å²) in [6.45, 7) is 0. The van der Waals surface area contributed by atoms with Gasteiger partial charge in [0.25, 0.3) is 0 Å². The molecule has 0 spiro atoms. The number of carboxylic acids is 1. The Morgan fingerprint density at radius 2 is 1.81 bits per heavy atom. The van der Waals surface area contributed by atoms with E-state index in [2.05, 4.69) is 4.98 Å². The van der Waals surface area contributed by atoms with E-state index in [9.17, 15) is 14.7 Å². The van der Waals surface area contributed by atoms with Gasteiger partial charge >= 0.3 is 0 Å². The molecule has 0 bridgehead atoms. The van der Waals surface area contributed by atoms with E-state index >= 15 is 0 Å². The van der Waals surface area contributed by atoms with Gasteiger partial charge in [-0.05, 0) is 54.5 Å². The highest BCUT2D eigenvalue weighted by Gasteiger charge is 2.22. The largest absolute Gasteiger partial charge is 0.549 e. The van der Waals surface area contributed by atoms with Crippen molar-refractivity contribution >= 4 is 22.7 Å².